The van der Waals surface area contributed by atoms with E-state index in [1.807, 2.05) is 13.8 Å². The van der Waals surface area contributed by atoms with Gasteiger partial charge in [-0.1, -0.05) is 23.8 Å². The van der Waals surface area contributed by atoms with Crippen LogP contribution >= 0.6 is 0 Å². The fourth-order valence-corrected chi connectivity index (χ4v) is 3.35. The number of rotatable bonds is 5. The normalized spacial score (nSPS) is 16.7. The van der Waals surface area contributed by atoms with E-state index in [0.717, 1.165) is 36.3 Å². The van der Waals surface area contributed by atoms with Crippen LogP contribution in [0.4, 0.5) is 5.69 Å². The summed E-state index contributed by atoms with van der Waals surface area (Å²) in [5, 5.41) is 7.14. The molecule has 0 saturated carbocycles. The molecular formula is C20H26N4O2. The summed E-state index contributed by atoms with van der Waals surface area (Å²) in [4.78, 5) is 26.2. The lowest BCUT2D eigenvalue weighted by atomic mass is 10.0. The predicted molar refractivity (Wildman–Crippen MR) is 102 cm³/mol. The molecule has 1 N–H and O–H groups in total. The molecule has 1 aromatic heterocycles. The largest absolute Gasteiger partial charge is 0.370 e. The van der Waals surface area contributed by atoms with Crippen molar-refractivity contribution in [3.05, 3.63) is 57.5 Å². The fourth-order valence-electron chi connectivity index (χ4n) is 3.35. The van der Waals surface area contributed by atoms with Crippen molar-refractivity contribution >= 4 is 11.6 Å². The molecule has 1 saturated heterocycles. The molecule has 1 aliphatic rings. The Morgan fingerprint density at radius 2 is 2.12 bits per heavy atom. The minimum atomic E-state index is -0.104. The van der Waals surface area contributed by atoms with Crippen molar-refractivity contribution in [1.29, 1.82) is 0 Å². The SMILES string of the molecule is Cc1ccc(C)c(CC(=O)NC[C@H]2CCN(c3cnn(C)c(=O)c3)C2)c1. The van der Waals surface area contributed by atoms with Crippen LogP contribution in [-0.4, -0.2) is 35.3 Å². The molecule has 1 aliphatic heterocycles. The Labute approximate surface area is 153 Å². The fraction of sp³-hybridized carbons (Fsp3) is 0.450. The van der Waals surface area contributed by atoms with Gasteiger partial charge in [-0.15, -0.1) is 0 Å². The molecule has 1 fully saturated rings. The zero-order valence-electron chi connectivity index (χ0n) is 15.7. The van der Waals surface area contributed by atoms with Crippen LogP contribution in [0.2, 0.25) is 0 Å². The van der Waals surface area contributed by atoms with Crippen LogP contribution in [0.3, 0.4) is 0 Å². The van der Waals surface area contributed by atoms with Crippen molar-refractivity contribution in [2.45, 2.75) is 26.7 Å². The van der Waals surface area contributed by atoms with E-state index in [-0.39, 0.29) is 11.5 Å². The number of hydrogen-bond acceptors (Lipinski definition) is 4. The van der Waals surface area contributed by atoms with E-state index in [1.54, 1.807) is 19.3 Å². The summed E-state index contributed by atoms with van der Waals surface area (Å²) in [6, 6.07) is 7.82. The number of nitrogens with one attached hydrogen (secondary N) is 1. The second-order valence-electron chi connectivity index (χ2n) is 7.19. The van der Waals surface area contributed by atoms with E-state index < -0.39 is 0 Å². The smallest absolute Gasteiger partial charge is 0.268 e. The molecule has 1 atom stereocenters. The summed E-state index contributed by atoms with van der Waals surface area (Å²) in [7, 11) is 1.64. The molecule has 2 heterocycles. The summed E-state index contributed by atoms with van der Waals surface area (Å²) >= 11 is 0. The summed E-state index contributed by atoms with van der Waals surface area (Å²) < 4.78 is 1.32. The van der Waals surface area contributed by atoms with Crippen LogP contribution in [0.15, 0.2) is 35.3 Å². The molecule has 3 rings (SSSR count). The summed E-state index contributed by atoms with van der Waals surface area (Å²) in [5.41, 5.74) is 4.16. The average Bonchev–Trinajstić information content (AvgIpc) is 3.08. The highest BCUT2D eigenvalue weighted by atomic mass is 16.1. The van der Waals surface area contributed by atoms with E-state index in [9.17, 15) is 9.59 Å². The summed E-state index contributed by atoms with van der Waals surface area (Å²) in [6.45, 7) is 6.46. The Balaban J connectivity index is 1.51. The van der Waals surface area contributed by atoms with Gasteiger partial charge in [0.25, 0.3) is 5.56 Å². The summed E-state index contributed by atoms with van der Waals surface area (Å²) in [5.74, 6) is 0.453. The lowest BCUT2D eigenvalue weighted by Gasteiger charge is -2.18. The standard InChI is InChI=1S/C20H26N4O2/c1-14-4-5-15(2)17(8-14)9-19(25)21-11-16-6-7-24(13-16)18-10-20(26)23(3)22-12-18/h4-5,8,10,12,16H,6-7,9,11,13H2,1-3H3,(H,21,25)/t16-/m1/s1. The lowest BCUT2D eigenvalue weighted by Crippen LogP contribution is -2.32. The Hall–Kier alpha value is -2.63. The van der Waals surface area contributed by atoms with E-state index in [1.165, 1.54) is 10.2 Å². The van der Waals surface area contributed by atoms with Gasteiger partial charge < -0.3 is 10.2 Å². The molecule has 0 unspecified atom stereocenters. The minimum absolute atomic E-state index is 0.0624. The van der Waals surface area contributed by atoms with Crippen molar-refractivity contribution in [2.24, 2.45) is 13.0 Å². The van der Waals surface area contributed by atoms with Gasteiger partial charge in [-0.25, -0.2) is 4.68 Å². The molecule has 6 heteroatoms. The second-order valence-corrected chi connectivity index (χ2v) is 7.19. The maximum Gasteiger partial charge on any atom is 0.268 e. The zero-order chi connectivity index (χ0) is 18.7. The third kappa shape index (κ3) is 4.31. The predicted octanol–water partition coefficient (Wildman–Crippen LogP) is 1.58. The van der Waals surface area contributed by atoms with Gasteiger partial charge in [0.15, 0.2) is 0 Å². The van der Waals surface area contributed by atoms with Crippen LogP contribution in [0.1, 0.15) is 23.1 Å². The highest BCUT2D eigenvalue weighted by molar-refractivity contribution is 5.79. The molecule has 0 radical (unpaired) electrons. The lowest BCUT2D eigenvalue weighted by molar-refractivity contribution is -0.120. The van der Waals surface area contributed by atoms with Gasteiger partial charge >= 0.3 is 0 Å². The Bertz CT molecular complexity index is 859. The minimum Gasteiger partial charge on any atom is -0.370 e. The highest BCUT2D eigenvalue weighted by Gasteiger charge is 2.23. The Kier molecular flexibility index (Phi) is 5.40. The molecular weight excluding hydrogens is 328 g/mol. The second kappa shape index (κ2) is 7.72. The molecule has 138 valence electrons. The van der Waals surface area contributed by atoms with Crippen LogP contribution in [-0.2, 0) is 18.3 Å². The highest BCUT2D eigenvalue weighted by Crippen LogP contribution is 2.21. The third-order valence-corrected chi connectivity index (χ3v) is 5.05. The number of anilines is 1. The van der Waals surface area contributed by atoms with Gasteiger partial charge in [-0.3, -0.25) is 9.59 Å². The Morgan fingerprint density at radius 1 is 1.31 bits per heavy atom. The summed E-state index contributed by atoms with van der Waals surface area (Å²) in [6.07, 6.45) is 3.14. The van der Waals surface area contributed by atoms with Gasteiger partial charge in [0.1, 0.15) is 0 Å². The number of aryl methyl sites for hydroxylation is 3. The van der Waals surface area contributed by atoms with Gasteiger partial charge in [0.2, 0.25) is 5.91 Å². The van der Waals surface area contributed by atoms with Gasteiger partial charge in [-0.2, -0.15) is 5.10 Å². The first kappa shape index (κ1) is 18.2. The first-order chi connectivity index (χ1) is 12.4. The van der Waals surface area contributed by atoms with E-state index in [4.69, 9.17) is 0 Å². The van der Waals surface area contributed by atoms with Crippen molar-refractivity contribution in [3.63, 3.8) is 0 Å². The number of aromatic nitrogens is 2. The number of hydrogen-bond donors (Lipinski definition) is 1. The molecule has 2 aromatic rings. The van der Waals surface area contributed by atoms with Gasteiger partial charge in [0.05, 0.1) is 18.3 Å². The van der Waals surface area contributed by atoms with Gasteiger partial charge in [-0.05, 0) is 37.3 Å². The molecule has 0 spiro atoms. The van der Waals surface area contributed by atoms with Crippen LogP contribution in [0.25, 0.3) is 0 Å². The van der Waals surface area contributed by atoms with Crippen LogP contribution in [0.5, 0.6) is 0 Å². The Morgan fingerprint density at radius 3 is 2.88 bits per heavy atom. The van der Waals surface area contributed by atoms with Crippen molar-refractivity contribution < 1.29 is 4.79 Å². The number of carbonyl (C=O) groups is 1. The molecule has 1 amide bonds. The van der Waals surface area contributed by atoms with Crippen LogP contribution < -0.4 is 15.8 Å². The molecule has 0 aliphatic carbocycles. The first-order valence-corrected chi connectivity index (χ1v) is 9.03. The molecule has 6 nitrogen and oxygen atoms in total. The molecule has 0 bridgehead atoms. The van der Waals surface area contributed by atoms with Gasteiger partial charge in [0, 0.05) is 32.7 Å². The van der Waals surface area contributed by atoms with Crippen LogP contribution in [0, 0.1) is 19.8 Å². The van der Waals surface area contributed by atoms with Crippen molar-refractivity contribution in [3.8, 4) is 0 Å². The number of benzene rings is 1. The number of nitrogens with zero attached hydrogens (tertiary/aromatic N) is 3. The topological polar surface area (TPSA) is 67.2 Å². The number of carbonyl (C=O) groups excluding carboxylic acids is 1. The van der Waals surface area contributed by atoms with E-state index in [2.05, 4.69) is 33.5 Å². The van der Waals surface area contributed by atoms with Crippen molar-refractivity contribution in [1.82, 2.24) is 15.1 Å². The van der Waals surface area contributed by atoms with E-state index >= 15 is 0 Å². The zero-order valence-corrected chi connectivity index (χ0v) is 15.7. The van der Waals surface area contributed by atoms with E-state index in [0.29, 0.717) is 18.9 Å². The third-order valence-electron chi connectivity index (χ3n) is 5.05. The molecule has 26 heavy (non-hydrogen) atoms. The quantitative estimate of drug-likeness (QED) is 0.885. The maximum absolute atomic E-state index is 12.3. The monoisotopic (exact) mass is 354 g/mol. The maximum atomic E-state index is 12.3. The average molecular weight is 354 g/mol. The molecule has 1 aromatic carbocycles. The number of amides is 1. The van der Waals surface area contributed by atoms with Crippen molar-refractivity contribution in [2.75, 3.05) is 24.5 Å². The first-order valence-electron chi connectivity index (χ1n) is 9.03.